The van der Waals surface area contributed by atoms with Crippen LogP contribution < -0.4 is 10.1 Å². The van der Waals surface area contributed by atoms with Crippen LogP contribution in [0.25, 0.3) is 11.3 Å². The highest BCUT2D eigenvalue weighted by atomic mass is 19.3. The number of likely N-dealkylation sites (tertiary alicyclic amines) is 1. The number of pyridine rings is 1. The molecule has 1 unspecified atom stereocenters. The van der Waals surface area contributed by atoms with Gasteiger partial charge in [0.05, 0.1) is 11.2 Å². The average molecular weight is 550 g/mol. The summed E-state index contributed by atoms with van der Waals surface area (Å²) in [6.07, 6.45) is -2.01. The molecule has 0 radical (unpaired) electrons. The summed E-state index contributed by atoms with van der Waals surface area (Å²) in [6, 6.07) is 17.7. The number of halogens is 2. The Bertz CT molecular complexity index is 1470. The predicted octanol–water partition coefficient (Wildman–Crippen LogP) is 5.55. The molecule has 40 heavy (non-hydrogen) atoms. The number of aromatic nitrogens is 1. The van der Waals surface area contributed by atoms with Crippen LogP contribution in [-0.2, 0) is 29.2 Å². The number of ether oxygens (including phenoxy) is 2. The third kappa shape index (κ3) is 4.94. The van der Waals surface area contributed by atoms with Crippen molar-refractivity contribution in [2.45, 2.75) is 44.4 Å². The third-order valence-corrected chi connectivity index (χ3v) is 8.00. The van der Waals surface area contributed by atoms with Crippen LogP contribution in [-0.4, -0.2) is 46.4 Å². The van der Waals surface area contributed by atoms with Crippen molar-refractivity contribution < 1.29 is 33.0 Å². The first-order valence-corrected chi connectivity index (χ1v) is 13.2. The number of nitrogens with zero attached hydrogens (tertiary/aromatic N) is 2. The third-order valence-electron chi connectivity index (χ3n) is 8.00. The number of carbonyl (C=O) groups is 2. The molecule has 1 aromatic heterocycles. The average Bonchev–Trinajstić information content (AvgIpc) is 3.32. The zero-order valence-electron chi connectivity index (χ0n) is 22.1. The fourth-order valence-corrected chi connectivity index (χ4v) is 5.59. The van der Waals surface area contributed by atoms with Crippen LogP contribution in [0.1, 0.15) is 36.1 Å². The Morgan fingerprint density at radius 1 is 1.10 bits per heavy atom. The first-order valence-electron chi connectivity index (χ1n) is 13.2. The summed E-state index contributed by atoms with van der Waals surface area (Å²) in [5, 5.41) is 12.2. The quantitative estimate of drug-likeness (QED) is 0.401. The molecule has 1 saturated carbocycles. The molecular weight excluding hydrogens is 520 g/mol. The van der Waals surface area contributed by atoms with Gasteiger partial charge in [-0.15, -0.1) is 0 Å². The van der Waals surface area contributed by atoms with E-state index in [1.165, 1.54) is 11.0 Å². The van der Waals surface area contributed by atoms with E-state index in [0.717, 1.165) is 5.56 Å². The Kier molecular flexibility index (Phi) is 6.16. The first kappa shape index (κ1) is 26.0. The van der Waals surface area contributed by atoms with E-state index in [1.54, 1.807) is 18.2 Å². The van der Waals surface area contributed by atoms with Crippen molar-refractivity contribution in [1.29, 1.82) is 0 Å². The SMILES string of the molecule is CC(C)(NC(=O)OCc1ccccc1)c1cc(OC2[C@H]3CN(C(=O)O)C[C@@H]23)nc(-c2ccc3c(c2)CC3(F)F)c1. The lowest BCUT2D eigenvalue weighted by Crippen LogP contribution is -2.41. The summed E-state index contributed by atoms with van der Waals surface area (Å²) in [7, 11) is 0. The highest BCUT2D eigenvalue weighted by Gasteiger charge is 2.59. The molecule has 2 N–H and O–H groups in total. The lowest BCUT2D eigenvalue weighted by molar-refractivity contribution is -0.0287. The number of hydrogen-bond donors (Lipinski definition) is 2. The van der Waals surface area contributed by atoms with E-state index in [2.05, 4.69) is 10.3 Å². The summed E-state index contributed by atoms with van der Waals surface area (Å²) >= 11 is 0. The zero-order chi connectivity index (χ0) is 28.2. The van der Waals surface area contributed by atoms with Gasteiger partial charge in [0.15, 0.2) is 0 Å². The maximum Gasteiger partial charge on any atom is 0.408 e. The molecule has 1 saturated heterocycles. The topological polar surface area (TPSA) is 101 Å². The molecule has 2 aromatic carbocycles. The number of benzene rings is 2. The lowest BCUT2D eigenvalue weighted by Gasteiger charge is -2.30. The fourth-order valence-electron chi connectivity index (χ4n) is 5.59. The van der Waals surface area contributed by atoms with Crippen molar-refractivity contribution in [3.63, 3.8) is 0 Å². The Morgan fingerprint density at radius 3 is 2.48 bits per heavy atom. The molecule has 3 atom stereocenters. The predicted molar refractivity (Wildman–Crippen MR) is 141 cm³/mol. The molecule has 2 heterocycles. The van der Waals surface area contributed by atoms with E-state index < -0.39 is 23.6 Å². The van der Waals surface area contributed by atoms with Gasteiger partial charge in [0.2, 0.25) is 5.88 Å². The monoisotopic (exact) mass is 549 g/mol. The molecule has 2 fully saturated rings. The highest BCUT2D eigenvalue weighted by Crippen LogP contribution is 2.48. The number of alkyl halides is 2. The summed E-state index contributed by atoms with van der Waals surface area (Å²) in [4.78, 5) is 30.0. The molecule has 2 aliphatic carbocycles. The molecule has 10 heteroatoms. The number of alkyl carbamates (subject to hydrolysis) is 1. The van der Waals surface area contributed by atoms with Crippen molar-refractivity contribution in [1.82, 2.24) is 15.2 Å². The van der Waals surface area contributed by atoms with Crippen molar-refractivity contribution in [2.75, 3.05) is 13.1 Å². The number of nitrogens with one attached hydrogen (secondary N) is 1. The fraction of sp³-hybridized carbons (Fsp3) is 0.367. The van der Waals surface area contributed by atoms with Gasteiger partial charge in [0.1, 0.15) is 12.7 Å². The largest absolute Gasteiger partial charge is 0.474 e. The van der Waals surface area contributed by atoms with Crippen molar-refractivity contribution in [3.8, 4) is 17.1 Å². The highest BCUT2D eigenvalue weighted by molar-refractivity contribution is 5.70. The summed E-state index contributed by atoms with van der Waals surface area (Å²) < 4.78 is 39.4. The number of rotatable bonds is 7. The van der Waals surface area contributed by atoms with Crippen LogP contribution in [0.2, 0.25) is 0 Å². The second kappa shape index (κ2) is 9.46. The molecular formula is C30H29F2N3O5. The molecule has 6 rings (SSSR count). The number of hydrogen-bond acceptors (Lipinski definition) is 5. The zero-order valence-corrected chi connectivity index (χ0v) is 22.1. The molecule has 0 spiro atoms. The number of amides is 2. The molecule has 3 aliphatic rings. The minimum Gasteiger partial charge on any atom is -0.474 e. The number of carbonyl (C=O) groups excluding carboxylic acids is 1. The molecule has 1 aliphatic heterocycles. The van der Waals surface area contributed by atoms with Crippen molar-refractivity contribution in [2.24, 2.45) is 11.8 Å². The van der Waals surface area contributed by atoms with Crippen molar-refractivity contribution in [3.05, 3.63) is 82.9 Å². The standard InChI is InChI=1S/C30H29F2N3O5/c1-29(2,34-27(36)39-16-17-6-4-3-5-7-17)20-11-24(18-8-9-23-19(10-18)13-30(23,31)32)33-25(12-20)40-26-21-14-35(28(37)38)15-22(21)26/h3-12,21-22,26H,13-16H2,1-2H3,(H,34,36)(H,37,38)/t21-,22+,26?. The van der Waals surface area contributed by atoms with Crippen LogP contribution in [0.5, 0.6) is 5.88 Å². The molecule has 3 aromatic rings. The Labute approximate surface area is 229 Å². The number of piperidine rings is 1. The van der Waals surface area contributed by atoms with Gasteiger partial charge in [-0.05, 0) is 42.7 Å². The van der Waals surface area contributed by atoms with Gasteiger partial charge in [-0.1, -0.05) is 42.5 Å². The lowest BCUT2D eigenvalue weighted by atomic mass is 9.82. The van der Waals surface area contributed by atoms with Gasteiger partial charge >= 0.3 is 12.2 Å². The van der Waals surface area contributed by atoms with Gasteiger partial charge in [-0.3, -0.25) is 0 Å². The molecule has 0 bridgehead atoms. The van der Waals surface area contributed by atoms with Gasteiger partial charge in [0, 0.05) is 48.5 Å². The van der Waals surface area contributed by atoms with E-state index in [0.29, 0.717) is 41.4 Å². The second-order valence-electron chi connectivity index (χ2n) is 11.2. The van der Waals surface area contributed by atoms with E-state index in [-0.39, 0.29) is 36.5 Å². The normalized spacial score (nSPS) is 22.0. The molecule has 8 nitrogen and oxygen atoms in total. The second-order valence-corrected chi connectivity index (χ2v) is 11.2. The summed E-state index contributed by atoms with van der Waals surface area (Å²) in [6.45, 7) is 4.60. The van der Waals surface area contributed by atoms with E-state index in [4.69, 9.17) is 9.47 Å². The van der Waals surface area contributed by atoms with Crippen LogP contribution in [0.4, 0.5) is 18.4 Å². The minimum absolute atomic E-state index is 0.0285. The number of carboxylic acid groups (broad SMARTS) is 1. The Balaban J connectivity index is 1.24. The Hall–Kier alpha value is -4.21. The van der Waals surface area contributed by atoms with E-state index in [9.17, 15) is 23.5 Å². The van der Waals surface area contributed by atoms with E-state index in [1.807, 2.05) is 50.2 Å². The van der Waals surface area contributed by atoms with Crippen LogP contribution >= 0.6 is 0 Å². The Morgan fingerprint density at radius 2 is 1.82 bits per heavy atom. The molecule has 208 valence electrons. The smallest absolute Gasteiger partial charge is 0.408 e. The van der Waals surface area contributed by atoms with Gasteiger partial charge < -0.3 is 24.8 Å². The maximum atomic E-state index is 13.9. The van der Waals surface area contributed by atoms with Gasteiger partial charge in [-0.25, -0.2) is 23.4 Å². The van der Waals surface area contributed by atoms with Crippen molar-refractivity contribution >= 4 is 12.2 Å². The van der Waals surface area contributed by atoms with Crippen LogP contribution in [0.15, 0.2) is 60.7 Å². The van der Waals surface area contributed by atoms with Crippen LogP contribution in [0, 0.1) is 11.8 Å². The molecule has 2 amide bonds. The van der Waals surface area contributed by atoms with Gasteiger partial charge in [0.25, 0.3) is 5.92 Å². The van der Waals surface area contributed by atoms with Gasteiger partial charge in [-0.2, -0.15) is 0 Å². The maximum absolute atomic E-state index is 13.9. The minimum atomic E-state index is -2.81. The summed E-state index contributed by atoms with van der Waals surface area (Å²) in [5.74, 6) is -2.28. The van der Waals surface area contributed by atoms with Crippen LogP contribution in [0.3, 0.4) is 0 Å². The van der Waals surface area contributed by atoms with E-state index >= 15 is 0 Å². The number of fused-ring (bicyclic) bond motifs is 2. The first-order chi connectivity index (χ1) is 19.0. The summed E-state index contributed by atoms with van der Waals surface area (Å²) in [5.41, 5.74) is 2.45.